The summed E-state index contributed by atoms with van der Waals surface area (Å²) in [6.45, 7) is 2.36. The first-order valence-corrected chi connectivity index (χ1v) is 6.34. The Labute approximate surface area is 112 Å². The molecule has 0 fully saturated rings. The van der Waals surface area contributed by atoms with Gasteiger partial charge in [0, 0.05) is 11.6 Å². The molecule has 0 aliphatic heterocycles. The Balaban J connectivity index is 2.82. The number of nitrogens with one attached hydrogen (secondary N) is 1. The number of methoxy groups -OCH3 is 1. The largest absolute Gasteiger partial charge is 0.495 e. The average molecular weight is 271 g/mol. The lowest BCUT2D eigenvalue weighted by molar-refractivity contribution is -0.119. The highest BCUT2D eigenvalue weighted by molar-refractivity contribution is 6.31. The van der Waals surface area contributed by atoms with Crippen molar-refractivity contribution in [2.24, 2.45) is 11.7 Å². The van der Waals surface area contributed by atoms with E-state index in [1.54, 1.807) is 25.3 Å². The minimum absolute atomic E-state index is 0.0973. The van der Waals surface area contributed by atoms with Crippen LogP contribution in [0.15, 0.2) is 18.2 Å². The Morgan fingerprint density at radius 2 is 2.28 bits per heavy atom. The zero-order valence-electron chi connectivity index (χ0n) is 10.7. The number of nitrogens with two attached hydrogens (primary N) is 1. The van der Waals surface area contributed by atoms with Crippen molar-refractivity contribution in [3.8, 4) is 5.75 Å². The molecule has 3 N–H and O–H groups in total. The van der Waals surface area contributed by atoms with Gasteiger partial charge in [-0.15, -0.1) is 0 Å². The third-order valence-electron chi connectivity index (χ3n) is 2.71. The number of carbonyl (C=O) groups is 1. The Morgan fingerprint density at radius 1 is 1.56 bits per heavy atom. The first-order chi connectivity index (χ1) is 8.62. The van der Waals surface area contributed by atoms with Crippen LogP contribution in [0.4, 0.5) is 5.69 Å². The molecule has 0 spiro atoms. The molecule has 0 aliphatic carbocycles. The molecule has 1 amide bonds. The Bertz CT molecular complexity index is 410. The van der Waals surface area contributed by atoms with Crippen molar-refractivity contribution in [2.45, 2.75) is 19.8 Å². The molecule has 1 atom stereocenters. The second kappa shape index (κ2) is 7.24. The summed E-state index contributed by atoms with van der Waals surface area (Å²) in [4.78, 5) is 12.0. The second-order valence-electron chi connectivity index (χ2n) is 4.06. The Morgan fingerprint density at radius 3 is 2.83 bits per heavy atom. The summed E-state index contributed by atoms with van der Waals surface area (Å²) in [5.74, 6) is 0.304. The second-order valence-corrected chi connectivity index (χ2v) is 4.49. The predicted molar refractivity (Wildman–Crippen MR) is 74.1 cm³/mol. The van der Waals surface area contributed by atoms with E-state index in [4.69, 9.17) is 22.1 Å². The molecule has 0 aliphatic rings. The van der Waals surface area contributed by atoms with Crippen LogP contribution in [0.25, 0.3) is 0 Å². The van der Waals surface area contributed by atoms with Gasteiger partial charge in [-0.05, 0) is 24.6 Å². The van der Waals surface area contributed by atoms with Crippen LogP contribution < -0.4 is 15.8 Å². The fraction of sp³-hybridized carbons (Fsp3) is 0.462. The van der Waals surface area contributed by atoms with Gasteiger partial charge in [0.1, 0.15) is 5.75 Å². The first kappa shape index (κ1) is 14.8. The zero-order chi connectivity index (χ0) is 13.5. The number of halogens is 1. The molecule has 1 aromatic rings. The number of benzene rings is 1. The lowest BCUT2D eigenvalue weighted by atomic mass is 10.0. The lowest BCUT2D eigenvalue weighted by Gasteiger charge is -2.15. The molecule has 1 rings (SSSR count). The smallest absolute Gasteiger partial charge is 0.228 e. The van der Waals surface area contributed by atoms with Crippen LogP contribution in [0.5, 0.6) is 5.75 Å². The topological polar surface area (TPSA) is 64.4 Å². The number of hydrogen-bond donors (Lipinski definition) is 2. The molecule has 1 aromatic carbocycles. The SMILES string of the molecule is CCCC(CN)C(=O)Nc1cc(Cl)ccc1OC. The maximum Gasteiger partial charge on any atom is 0.228 e. The maximum atomic E-state index is 12.0. The van der Waals surface area contributed by atoms with Crippen molar-refractivity contribution < 1.29 is 9.53 Å². The molecule has 0 saturated heterocycles. The number of amides is 1. The summed E-state index contributed by atoms with van der Waals surface area (Å²) in [5, 5.41) is 3.36. The molecule has 100 valence electrons. The van der Waals surface area contributed by atoms with Gasteiger partial charge in [0.05, 0.1) is 18.7 Å². The molecule has 0 heterocycles. The molecule has 4 nitrogen and oxygen atoms in total. The van der Waals surface area contributed by atoms with Gasteiger partial charge in [0.15, 0.2) is 0 Å². The van der Waals surface area contributed by atoms with Crippen molar-refractivity contribution in [1.82, 2.24) is 0 Å². The molecule has 0 saturated carbocycles. The lowest BCUT2D eigenvalue weighted by Crippen LogP contribution is -2.29. The van der Waals surface area contributed by atoms with Gasteiger partial charge in [-0.1, -0.05) is 24.9 Å². The van der Waals surface area contributed by atoms with Crippen LogP contribution in [0.2, 0.25) is 5.02 Å². The number of rotatable bonds is 6. The van der Waals surface area contributed by atoms with E-state index < -0.39 is 0 Å². The molecule has 1 unspecified atom stereocenters. The van der Waals surface area contributed by atoms with Gasteiger partial charge in [0.2, 0.25) is 5.91 Å². The average Bonchev–Trinajstić information content (AvgIpc) is 2.36. The highest BCUT2D eigenvalue weighted by Crippen LogP contribution is 2.28. The summed E-state index contributed by atoms with van der Waals surface area (Å²) in [5.41, 5.74) is 6.17. The third-order valence-corrected chi connectivity index (χ3v) is 2.95. The van der Waals surface area contributed by atoms with E-state index in [9.17, 15) is 4.79 Å². The highest BCUT2D eigenvalue weighted by Gasteiger charge is 2.17. The minimum atomic E-state index is -0.182. The Kier molecular flexibility index (Phi) is 5.95. The van der Waals surface area contributed by atoms with Gasteiger partial charge in [-0.25, -0.2) is 0 Å². The van der Waals surface area contributed by atoms with Crippen LogP contribution in [-0.2, 0) is 4.79 Å². The van der Waals surface area contributed by atoms with E-state index >= 15 is 0 Å². The highest BCUT2D eigenvalue weighted by atomic mass is 35.5. The molecule has 5 heteroatoms. The van der Waals surface area contributed by atoms with Gasteiger partial charge in [-0.2, -0.15) is 0 Å². The van der Waals surface area contributed by atoms with Gasteiger partial charge in [0.25, 0.3) is 0 Å². The fourth-order valence-electron chi connectivity index (χ4n) is 1.72. The molecular formula is C13H19ClN2O2. The van der Waals surface area contributed by atoms with Crippen LogP contribution in [0, 0.1) is 5.92 Å². The van der Waals surface area contributed by atoms with Crippen LogP contribution in [0.1, 0.15) is 19.8 Å². The van der Waals surface area contributed by atoms with Crippen LogP contribution in [-0.4, -0.2) is 19.6 Å². The number of hydrogen-bond acceptors (Lipinski definition) is 3. The maximum absolute atomic E-state index is 12.0. The summed E-state index contributed by atoms with van der Waals surface area (Å²) >= 11 is 5.90. The first-order valence-electron chi connectivity index (χ1n) is 5.96. The predicted octanol–water partition coefficient (Wildman–Crippen LogP) is 2.66. The summed E-state index contributed by atoms with van der Waals surface area (Å²) in [6, 6.07) is 5.09. The zero-order valence-corrected chi connectivity index (χ0v) is 11.5. The number of anilines is 1. The van der Waals surface area contributed by atoms with E-state index in [2.05, 4.69) is 5.32 Å². The van der Waals surface area contributed by atoms with Gasteiger partial charge in [-0.3, -0.25) is 4.79 Å². The van der Waals surface area contributed by atoms with E-state index in [0.717, 1.165) is 12.8 Å². The third kappa shape index (κ3) is 3.89. The van der Waals surface area contributed by atoms with Crippen molar-refractivity contribution >= 4 is 23.2 Å². The van der Waals surface area contributed by atoms with E-state index in [-0.39, 0.29) is 11.8 Å². The van der Waals surface area contributed by atoms with Crippen LogP contribution >= 0.6 is 11.6 Å². The van der Waals surface area contributed by atoms with E-state index in [0.29, 0.717) is 23.0 Å². The quantitative estimate of drug-likeness (QED) is 0.835. The van der Waals surface area contributed by atoms with Gasteiger partial charge < -0.3 is 15.8 Å². The van der Waals surface area contributed by atoms with Crippen LogP contribution in [0.3, 0.4) is 0 Å². The summed E-state index contributed by atoms with van der Waals surface area (Å²) in [7, 11) is 1.55. The van der Waals surface area contributed by atoms with Crippen molar-refractivity contribution in [3.05, 3.63) is 23.2 Å². The number of ether oxygens (including phenoxy) is 1. The van der Waals surface area contributed by atoms with Crippen molar-refractivity contribution in [3.63, 3.8) is 0 Å². The van der Waals surface area contributed by atoms with E-state index in [1.165, 1.54) is 0 Å². The van der Waals surface area contributed by atoms with E-state index in [1.807, 2.05) is 6.92 Å². The molecule has 0 radical (unpaired) electrons. The molecule has 0 aromatic heterocycles. The monoisotopic (exact) mass is 270 g/mol. The standard InChI is InChI=1S/C13H19ClN2O2/c1-3-4-9(8-15)13(17)16-11-7-10(14)5-6-12(11)18-2/h5-7,9H,3-4,8,15H2,1-2H3,(H,16,17). The fourth-order valence-corrected chi connectivity index (χ4v) is 1.89. The normalized spacial score (nSPS) is 12.0. The Hall–Kier alpha value is -1.26. The molecular weight excluding hydrogens is 252 g/mol. The molecule has 18 heavy (non-hydrogen) atoms. The van der Waals surface area contributed by atoms with Crippen molar-refractivity contribution in [2.75, 3.05) is 19.0 Å². The summed E-state index contributed by atoms with van der Waals surface area (Å²) < 4.78 is 5.17. The number of carbonyl (C=O) groups excluding carboxylic acids is 1. The molecule has 0 bridgehead atoms. The minimum Gasteiger partial charge on any atom is -0.495 e. The summed E-state index contributed by atoms with van der Waals surface area (Å²) in [6.07, 6.45) is 1.69. The van der Waals surface area contributed by atoms with Gasteiger partial charge >= 0.3 is 0 Å². The van der Waals surface area contributed by atoms with Crippen molar-refractivity contribution in [1.29, 1.82) is 0 Å².